The van der Waals surface area contributed by atoms with Gasteiger partial charge in [-0.1, -0.05) is 12.1 Å². The molecule has 0 saturated carbocycles. The highest BCUT2D eigenvalue weighted by atomic mass is 19.1. The maximum absolute atomic E-state index is 12.9. The number of rotatable bonds is 6. The molecule has 0 fully saturated rings. The maximum Gasteiger partial charge on any atom is 0.345 e. The molecule has 0 bridgehead atoms. The van der Waals surface area contributed by atoms with E-state index in [1.54, 1.807) is 28.4 Å². The van der Waals surface area contributed by atoms with Crippen LogP contribution < -0.4 is 16.3 Å². The molecule has 7 nitrogen and oxygen atoms in total. The third-order valence-corrected chi connectivity index (χ3v) is 4.47. The number of fused-ring (bicyclic) bond motifs is 1. The zero-order valence-electron chi connectivity index (χ0n) is 15.0. The van der Waals surface area contributed by atoms with E-state index in [4.69, 9.17) is 0 Å². The Morgan fingerprint density at radius 1 is 1.27 bits per heavy atom. The first-order valence-electron chi connectivity index (χ1n) is 9.03. The number of guanidine groups is 1. The van der Waals surface area contributed by atoms with E-state index in [1.807, 2.05) is 0 Å². The summed E-state index contributed by atoms with van der Waals surface area (Å²) < 4.78 is 16.3. The lowest BCUT2D eigenvalue weighted by Crippen LogP contribution is -2.37. The van der Waals surface area contributed by atoms with Crippen molar-refractivity contribution in [1.29, 1.82) is 0 Å². The average molecular weight is 360 g/mol. The first-order valence-corrected chi connectivity index (χ1v) is 9.03. The zero-order valence-corrected chi connectivity index (χ0v) is 15.0. The number of halogens is 1. The summed E-state index contributed by atoms with van der Waals surface area (Å²) in [6, 6.07) is 6.36. The molecule has 3 rings (SSSR count). The standard InChI is InChI=1S/C18H25FN6O/c1-20-17(22-13-14-6-8-15(19)9-7-14)21-10-4-12-25-18(26)24-11-3-2-5-16(24)23-25/h6-9H,2-5,10-13H2,1H3,(H2,20,21,22). The molecule has 1 aliphatic rings. The highest BCUT2D eigenvalue weighted by Gasteiger charge is 2.16. The van der Waals surface area contributed by atoms with Gasteiger partial charge in [-0.3, -0.25) is 9.56 Å². The van der Waals surface area contributed by atoms with Gasteiger partial charge in [-0.15, -0.1) is 0 Å². The lowest BCUT2D eigenvalue weighted by Gasteiger charge is -2.11. The van der Waals surface area contributed by atoms with E-state index in [9.17, 15) is 9.18 Å². The normalized spacial score (nSPS) is 14.2. The quantitative estimate of drug-likeness (QED) is 0.462. The van der Waals surface area contributed by atoms with E-state index in [-0.39, 0.29) is 11.5 Å². The number of aromatic nitrogens is 3. The Bertz CT molecular complexity index is 808. The fourth-order valence-electron chi connectivity index (χ4n) is 3.04. The van der Waals surface area contributed by atoms with Crippen molar-refractivity contribution < 1.29 is 4.39 Å². The van der Waals surface area contributed by atoms with Crippen molar-refractivity contribution in [2.24, 2.45) is 4.99 Å². The molecular formula is C18H25FN6O. The van der Waals surface area contributed by atoms with Gasteiger partial charge in [0.25, 0.3) is 0 Å². The monoisotopic (exact) mass is 360 g/mol. The molecule has 1 aromatic carbocycles. The Morgan fingerprint density at radius 2 is 2.08 bits per heavy atom. The lowest BCUT2D eigenvalue weighted by molar-refractivity contribution is 0.509. The minimum absolute atomic E-state index is 0.00137. The molecule has 1 aliphatic heterocycles. The number of hydrogen-bond donors (Lipinski definition) is 2. The second-order valence-electron chi connectivity index (χ2n) is 6.36. The maximum atomic E-state index is 12.9. The van der Waals surface area contributed by atoms with Gasteiger partial charge in [-0.2, -0.15) is 5.10 Å². The Hall–Kier alpha value is -2.64. The van der Waals surface area contributed by atoms with Crippen LogP contribution in [-0.4, -0.2) is 33.9 Å². The van der Waals surface area contributed by atoms with Crippen LogP contribution in [0.1, 0.15) is 30.7 Å². The second kappa shape index (κ2) is 8.64. The minimum Gasteiger partial charge on any atom is -0.356 e. The fraction of sp³-hybridized carbons (Fsp3) is 0.500. The summed E-state index contributed by atoms with van der Waals surface area (Å²) in [4.78, 5) is 16.4. The molecule has 2 aromatic rings. The largest absolute Gasteiger partial charge is 0.356 e. The molecule has 0 amide bonds. The third-order valence-electron chi connectivity index (χ3n) is 4.47. The SMILES string of the molecule is CN=C(NCCCn1nc2n(c1=O)CCCC2)NCc1ccc(F)cc1. The number of nitrogens with one attached hydrogen (secondary N) is 2. The average Bonchev–Trinajstić information content (AvgIpc) is 2.99. The van der Waals surface area contributed by atoms with Crippen LogP contribution in [0.25, 0.3) is 0 Å². The van der Waals surface area contributed by atoms with Gasteiger partial charge in [0.2, 0.25) is 0 Å². The minimum atomic E-state index is -0.243. The van der Waals surface area contributed by atoms with Crippen LogP contribution in [0.15, 0.2) is 34.1 Å². The van der Waals surface area contributed by atoms with Crippen LogP contribution in [0.4, 0.5) is 4.39 Å². The molecule has 8 heteroatoms. The molecule has 0 aliphatic carbocycles. The van der Waals surface area contributed by atoms with Gasteiger partial charge in [-0.05, 0) is 37.0 Å². The van der Waals surface area contributed by atoms with Crippen LogP contribution in [-0.2, 0) is 26.1 Å². The van der Waals surface area contributed by atoms with E-state index in [2.05, 4.69) is 20.7 Å². The first-order chi connectivity index (χ1) is 12.7. The highest BCUT2D eigenvalue weighted by Crippen LogP contribution is 2.09. The number of aliphatic imine (C=N–C) groups is 1. The summed E-state index contributed by atoms with van der Waals surface area (Å²) in [6.07, 6.45) is 3.82. The molecule has 0 radical (unpaired) electrons. The number of hydrogen-bond acceptors (Lipinski definition) is 3. The van der Waals surface area contributed by atoms with Crippen molar-refractivity contribution in [2.75, 3.05) is 13.6 Å². The van der Waals surface area contributed by atoms with Crippen LogP contribution in [0.3, 0.4) is 0 Å². The fourth-order valence-corrected chi connectivity index (χ4v) is 3.04. The zero-order chi connectivity index (χ0) is 18.4. The van der Waals surface area contributed by atoms with Crippen LogP contribution in [0.2, 0.25) is 0 Å². The molecular weight excluding hydrogens is 335 g/mol. The molecule has 2 heterocycles. The third kappa shape index (κ3) is 4.50. The first kappa shape index (κ1) is 18.2. The number of nitrogens with zero attached hydrogens (tertiary/aromatic N) is 4. The van der Waals surface area contributed by atoms with Gasteiger partial charge in [0.05, 0.1) is 0 Å². The van der Waals surface area contributed by atoms with Crippen LogP contribution >= 0.6 is 0 Å². The lowest BCUT2D eigenvalue weighted by atomic mass is 10.2. The van der Waals surface area contributed by atoms with Crippen molar-refractivity contribution in [1.82, 2.24) is 25.0 Å². The van der Waals surface area contributed by atoms with Crippen molar-refractivity contribution in [2.45, 2.75) is 45.3 Å². The van der Waals surface area contributed by atoms with Gasteiger partial charge >= 0.3 is 5.69 Å². The topological polar surface area (TPSA) is 76.2 Å². The van der Waals surface area contributed by atoms with E-state index in [1.165, 1.54) is 12.1 Å². The van der Waals surface area contributed by atoms with Crippen molar-refractivity contribution in [3.05, 3.63) is 52.0 Å². The molecule has 0 saturated heterocycles. The van der Waals surface area contributed by atoms with Gasteiger partial charge in [0.15, 0.2) is 5.96 Å². The van der Waals surface area contributed by atoms with Crippen LogP contribution in [0, 0.1) is 5.82 Å². The summed E-state index contributed by atoms with van der Waals surface area (Å²) >= 11 is 0. The Labute approximate surface area is 151 Å². The van der Waals surface area contributed by atoms with Gasteiger partial charge in [0.1, 0.15) is 11.6 Å². The second-order valence-corrected chi connectivity index (χ2v) is 6.36. The molecule has 1 aromatic heterocycles. The Balaban J connectivity index is 1.43. The van der Waals surface area contributed by atoms with E-state index < -0.39 is 0 Å². The smallest absolute Gasteiger partial charge is 0.345 e. The predicted octanol–water partition coefficient (Wildman–Crippen LogP) is 1.28. The van der Waals surface area contributed by atoms with Crippen molar-refractivity contribution >= 4 is 5.96 Å². The highest BCUT2D eigenvalue weighted by molar-refractivity contribution is 5.79. The summed E-state index contributed by atoms with van der Waals surface area (Å²) in [7, 11) is 1.70. The van der Waals surface area contributed by atoms with E-state index in [0.717, 1.165) is 43.6 Å². The molecule has 2 N–H and O–H groups in total. The predicted molar refractivity (Wildman–Crippen MR) is 98.6 cm³/mol. The molecule has 0 spiro atoms. The van der Waals surface area contributed by atoms with Gasteiger partial charge in [-0.25, -0.2) is 13.9 Å². The van der Waals surface area contributed by atoms with Gasteiger partial charge in [0, 0.05) is 39.6 Å². The van der Waals surface area contributed by atoms with E-state index >= 15 is 0 Å². The summed E-state index contributed by atoms with van der Waals surface area (Å²) in [5.41, 5.74) is 0.975. The van der Waals surface area contributed by atoms with E-state index in [0.29, 0.717) is 25.6 Å². The summed E-state index contributed by atoms with van der Waals surface area (Å²) in [5, 5.41) is 10.8. The van der Waals surface area contributed by atoms with Crippen molar-refractivity contribution in [3.8, 4) is 0 Å². The van der Waals surface area contributed by atoms with Gasteiger partial charge < -0.3 is 10.6 Å². The molecule has 140 valence electrons. The molecule has 26 heavy (non-hydrogen) atoms. The summed E-state index contributed by atoms with van der Waals surface area (Å²) in [6.45, 7) is 2.61. The Kier molecular flexibility index (Phi) is 6.04. The van der Waals surface area contributed by atoms with Crippen LogP contribution in [0.5, 0.6) is 0 Å². The Morgan fingerprint density at radius 3 is 2.81 bits per heavy atom. The number of aryl methyl sites for hydroxylation is 2. The molecule has 0 unspecified atom stereocenters. The summed E-state index contributed by atoms with van der Waals surface area (Å²) in [5.74, 6) is 1.34. The van der Waals surface area contributed by atoms with Crippen molar-refractivity contribution in [3.63, 3.8) is 0 Å². The molecule has 0 atom stereocenters. The number of benzene rings is 1.